The van der Waals surface area contributed by atoms with E-state index >= 15 is 0 Å². The third kappa shape index (κ3) is 4.44. The molecule has 202 valence electrons. The lowest BCUT2D eigenvalue weighted by Gasteiger charge is -2.19. The predicted molar refractivity (Wildman–Crippen MR) is 167 cm³/mol. The van der Waals surface area contributed by atoms with Gasteiger partial charge in [0.15, 0.2) is 11.6 Å². The topological polar surface area (TPSA) is 34.1 Å². The van der Waals surface area contributed by atoms with Crippen LogP contribution in [0.3, 0.4) is 0 Å². The Labute approximate surface area is 237 Å². The summed E-state index contributed by atoms with van der Waals surface area (Å²) in [7, 11) is 0. The minimum absolute atomic E-state index is 0.0546. The molecule has 0 saturated heterocycles. The number of carbonyl (C=O) groups is 2. The number of unbranched alkanes of at least 4 members (excludes halogenated alkanes) is 3. The fraction of sp³-hybridized carbons (Fsp3) is 0.316. The van der Waals surface area contributed by atoms with E-state index in [0.29, 0.717) is 22.3 Å². The van der Waals surface area contributed by atoms with Crippen molar-refractivity contribution in [1.29, 1.82) is 0 Å². The van der Waals surface area contributed by atoms with Crippen LogP contribution >= 0.6 is 0 Å². The van der Waals surface area contributed by atoms with Gasteiger partial charge >= 0.3 is 0 Å². The predicted octanol–water partition coefficient (Wildman–Crippen LogP) is 9.90. The fourth-order valence-electron chi connectivity index (χ4n) is 6.63. The minimum Gasteiger partial charge on any atom is -0.289 e. The molecule has 0 spiro atoms. The average molecular weight is 527 g/mol. The fourth-order valence-corrected chi connectivity index (χ4v) is 6.63. The number of hydrogen-bond donors (Lipinski definition) is 0. The first-order valence-electron chi connectivity index (χ1n) is 15.2. The molecule has 0 bridgehead atoms. The Bertz CT molecular complexity index is 1740. The molecule has 6 rings (SSSR count). The minimum atomic E-state index is -0.0584. The molecule has 0 unspecified atom stereocenters. The highest BCUT2D eigenvalue weighted by molar-refractivity contribution is 6.30. The maximum Gasteiger partial charge on any atom is 0.194 e. The summed E-state index contributed by atoms with van der Waals surface area (Å²) in [6, 6.07) is 22.4. The van der Waals surface area contributed by atoms with Crippen molar-refractivity contribution >= 4 is 33.1 Å². The van der Waals surface area contributed by atoms with Gasteiger partial charge < -0.3 is 0 Å². The van der Waals surface area contributed by atoms with Gasteiger partial charge in [-0.15, -0.1) is 0 Å². The van der Waals surface area contributed by atoms with Crippen molar-refractivity contribution in [1.82, 2.24) is 0 Å². The molecule has 0 aromatic heterocycles. The van der Waals surface area contributed by atoms with Crippen LogP contribution in [0, 0.1) is 0 Å². The lowest BCUT2D eigenvalue weighted by Crippen LogP contribution is -2.20. The molecule has 3 aliphatic carbocycles. The van der Waals surface area contributed by atoms with Crippen LogP contribution in [0.4, 0.5) is 0 Å². The molecule has 2 nitrogen and oxygen atoms in total. The lowest BCUT2D eigenvalue weighted by atomic mass is 9.82. The first kappa shape index (κ1) is 26.4. The van der Waals surface area contributed by atoms with Crippen LogP contribution in [-0.4, -0.2) is 11.6 Å². The normalized spacial score (nSPS) is 12.9. The Balaban J connectivity index is 1.56. The quantitative estimate of drug-likeness (QED) is 0.188. The van der Waals surface area contributed by atoms with Gasteiger partial charge in [0.25, 0.3) is 0 Å². The highest BCUT2D eigenvalue weighted by atomic mass is 16.1. The van der Waals surface area contributed by atoms with Gasteiger partial charge in [0.1, 0.15) is 0 Å². The van der Waals surface area contributed by atoms with Crippen molar-refractivity contribution in [2.45, 2.75) is 78.6 Å². The van der Waals surface area contributed by atoms with Crippen molar-refractivity contribution in [2.24, 2.45) is 0 Å². The van der Waals surface area contributed by atoms with E-state index in [1.54, 1.807) is 5.56 Å². The Hall–Kier alpha value is -3.78. The van der Waals surface area contributed by atoms with E-state index in [0.717, 1.165) is 40.8 Å². The SMILES string of the molecule is CCCCc1c2ccc3cc4c(cc3cc-2c(CCCC)c1CCCC)C(=O)c1cc2ccccc2cc1C4=O. The standard InChI is InChI=1S/C38H38O2/c1-4-7-14-28-29(15-8-5-2)31-18-17-26-21-35-36(23-27(26)22-32(31)30(28)16-9-6-3)38(40)34-20-25-13-11-10-12-24(25)19-33(34)37(35)39/h10-13,17-23H,4-9,14-16H2,1-3H3. The van der Waals surface area contributed by atoms with Crippen LogP contribution in [0.1, 0.15) is 108 Å². The van der Waals surface area contributed by atoms with Crippen molar-refractivity contribution < 1.29 is 9.59 Å². The first-order chi connectivity index (χ1) is 19.5. The van der Waals surface area contributed by atoms with Gasteiger partial charge in [-0.3, -0.25) is 9.59 Å². The van der Waals surface area contributed by atoms with Gasteiger partial charge in [-0.25, -0.2) is 0 Å². The Morgan fingerprint density at radius 3 is 1.32 bits per heavy atom. The van der Waals surface area contributed by atoms with Gasteiger partial charge in [-0.1, -0.05) is 76.4 Å². The molecule has 0 N–H and O–H groups in total. The third-order valence-electron chi connectivity index (χ3n) is 8.83. The van der Waals surface area contributed by atoms with Gasteiger partial charge in [0, 0.05) is 22.3 Å². The Morgan fingerprint density at radius 2 is 0.825 bits per heavy atom. The van der Waals surface area contributed by atoms with Crippen LogP contribution in [0.15, 0.2) is 66.7 Å². The molecule has 3 aromatic carbocycles. The number of hydrogen-bond acceptors (Lipinski definition) is 2. The monoisotopic (exact) mass is 526 g/mol. The summed E-state index contributed by atoms with van der Waals surface area (Å²) in [6.45, 7) is 6.80. The smallest absolute Gasteiger partial charge is 0.194 e. The lowest BCUT2D eigenvalue weighted by molar-refractivity contribution is 0.0979. The van der Waals surface area contributed by atoms with E-state index in [-0.39, 0.29) is 11.6 Å². The largest absolute Gasteiger partial charge is 0.289 e. The highest BCUT2D eigenvalue weighted by Gasteiger charge is 2.31. The second-order valence-electron chi connectivity index (χ2n) is 11.5. The van der Waals surface area contributed by atoms with Gasteiger partial charge in [-0.2, -0.15) is 0 Å². The zero-order chi connectivity index (χ0) is 27.8. The number of rotatable bonds is 9. The van der Waals surface area contributed by atoms with Crippen LogP contribution in [-0.2, 0) is 19.3 Å². The molecule has 0 amide bonds. The Kier molecular flexibility index (Phi) is 7.27. The second kappa shape index (κ2) is 11.0. The molecule has 2 heteroatoms. The molecule has 0 atom stereocenters. The molecule has 3 aromatic rings. The van der Waals surface area contributed by atoms with Crippen molar-refractivity contribution in [3.05, 3.63) is 106 Å². The second-order valence-corrected chi connectivity index (χ2v) is 11.5. The molecule has 0 radical (unpaired) electrons. The molecule has 0 aliphatic heterocycles. The van der Waals surface area contributed by atoms with Gasteiger partial charge in [0.05, 0.1) is 0 Å². The van der Waals surface area contributed by atoms with E-state index in [1.807, 2.05) is 48.5 Å². The number of fused-ring (bicyclic) bond motifs is 5. The van der Waals surface area contributed by atoms with Gasteiger partial charge in [0.2, 0.25) is 0 Å². The number of benzene rings is 3. The molecule has 0 fully saturated rings. The van der Waals surface area contributed by atoms with Crippen LogP contribution in [0.25, 0.3) is 32.7 Å². The molecular formula is C38H38O2. The summed E-state index contributed by atoms with van der Waals surface area (Å²) in [6.07, 6.45) is 10.4. The summed E-state index contributed by atoms with van der Waals surface area (Å²) in [5.41, 5.74) is 9.36. The van der Waals surface area contributed by atoms with E-state index in [4.69, 9.17) is 0 Å². The van der Waals surface area contributed by atoms with Crippen molar-refractivity contribution in [3.8, 4) is 11.1 Å². The van der Waals surface area contributed by atoms with Crippen LogP contribution in [0.2, 0.25) is 0 Å². The third-order valence-corrected chi connectivity index (χ3v) is 8.83. The average Bonchev–Trinajstić information content (AvgIpc) is 3.11. The summed E-state index contributed by atoms with van der Waals surface area (Å²) in [5, 5.41) is 4.01. The number of ketones is 2. The number of carbonyl (C=O) groups excluding carboxylic acids is 2. The van der Waals surface area contributed by atoms with E-state index in [1.165, 1.54) is 60.8 Å². The molecule has 40 heavy (non-hydrogen) atoms. The van der Waals surface area contributed by atoms with E-state index in [2.05, 4.69) is 39.0 Å². The highest BCUT2D eigenvalue weighted by Crippen LogP contribution is 2.42. The maximum atomic E-state index is 13.8. The van der Waals surface area contributed by atoms with E-state index in [9.17, 15) is 9.59 Å². The maximum absolute atomic E-state index is 13.8. The Morgan fingerprint density at radius 1 is 0.425 bits per heavy atom. The van der Waals surface area contributed by atoms with Gasteiger partial charge in [-0.05, 0) is 118 Å². The molecule has 0 heterocycles. The summed E-state index contributed by atoms with van der Waals surface area (Å²) >= 11 is 0. The zero-order valence-electron chi connectivity index (χ0n) is 24.0. The van der Waals surface area contributed by atoms with E-state index < -0.39 is 0 Å². The first-order valence-corrected chi connectivity index (χ1v) is 15.2. The van der Waals surface area contributed by atoms with Crippen LogP contribution in [0.5, 0.6) is 0 Å². The molecular weight excluding hydrogens is 488 g/mol. The summed E-state index contributed by atoms with van der Waals surface area (Å²) in [5.74, 6) is -0.113. The van der Waals surface area contributed by atoms with Crippen molar-refractivity contribution in [3.63, 3.8) is 0 Å². The van der Waals surface area contributed by atoms with Crippen molar-refractivity contribution in [2.75, 3.05) is 0 Å². The molecule has 3 aliphatic rings. The van der Waals surface area contributed by atoms with Crippen LogP contribution < -0.4 is 0 Å². The molecule has 0 saturated carbocycles. The zero-order valence-corrected chi connectivity index (χ0v) is 24.0. The summed E-state index contributed by atoms with van der Waals surface area (Å²) in [4.78, 5) is 27.6. The summed E-state index contributed by atoms with van der Waals surface area (Å²) < 4.78 is 0.